The zero-order valence-corrected chi connectivity index (χ0v) is 22.2. The number of primary amides is 1. The summed E-state index contributed by atoms with van der Waals surface area (Å²) < 4.78 is 6.49. The second-order valence-electron chi connectivity index (χ2n) is 9.55. The molecule has 5 heteroatoms. The van der Waals surface area contributed by atoms with Crippen molar-refractivity contribution in [3.8, 4) is 17.0 Å². The molecular formula is C34H33N3O2. The number of aromatic nitrogens is 1. The van der Waals surface area contributed by atoms with Gasteiger partial charge < -0.3 is 10.5 Å². The molecule has 5 aromatic rings. The van der Waals surface area contributed by atoms with Crippen molar-refractivity contribution < 1.29 is 9.53 Å². The van der Waals surface area contributed by atoms with Crippen LogP contribution in [0.15, 0.2) is 115 Å². The van der Waals surface area contributed by atoms with E-state index in [0.29, 0.717) is 41.1 Å². The summed E-state index contributed by atoms with van der Waals surface area (Å²) in [6.07, 6.45) is 0.955. The lowest BCUT2D eigenvalue weighted by Gasteiger charge is -2.32. The molecule has 0 aliphatic carbocycles. The molecule has 0 bridgehead atoms. The molecular weight excluding hydrogens is 482 g/mol. The van der Waals surface area contributed by atoms with Gasteiger partial charge in [0, 0.05) is 30.1 Å². The second-order valence-corrected chi connectivity index (χ2v) is 9.55. The number of pyridine rings is 1. The van der Waals surface area contributed by atoms with Crippen molar-refractivity contribution >= 4 is 16.8 Å². The highest BCUT2D eigenvalue weighted by Crippen LogP contribution is 2.36. The first-order valence-electron chi connectivity index (χ1n) is 13.4. The van der Waals surface area contributed by atoms with Gasteiger partial charge in [0.2, 0.25) is 0 Å². The van der Waals surface area contributed by atoms with E-state index < -0.39 is 5.91 Å². The first kappa shape index (κ1) is 26.1. The number of nitrogens with zero attached hydrogens (tertiary/aromatic N) is 2. The highest BCUT2D eigenvalue weighted by molar-refractivity contribution is 6.09. The highest BCUT2D eigenvalue weighted by Gasteiger charge is 2.23. The summed E-state index contributed by atoms with van der Waals surface area (Å²) >= 11 is 0. The van der Waals surface area contributed by atoms with E-state index in [1.807, 2.05) is 66.7 Å². The van der Waals surface area contributed by atoms with Gasteiger partial charge in [-0.05, 0) is 23.6 Å². The summed E-state index contributed by atoms with van der Waals surface area (Å²) in [4.78, 5) is 20.1. The van der Waals surface area contributed by atoms with Crippen LogP contribution in [0.2, 0.25) is 0 Å². The Kier molecular flexibility index (Phi) is 8.29. The van der Waals surface area contributed by atoms with Crippen LogP contribution in [-0.4, -0.2) is 28.9 Å². The number of carbonyl (C=O) groups is 1. The van der Waals surface area contributed by atoms with Crippen molar-refractivity contribution in [1.29, 1.82) is 0 Å². The third-order valence-electron chi connectivity index (χ3n) is 7.01. The molecule has 0 unspecified atom stereocenters. The number of benzene rings is 4. The van der Waals surface area contributed by atoms with Crippen LogP contribution in [0.4, 0.5) is 0 Å². The third-order valence-corrected chi connectivity index (χ3v) is 7.01. The second kappa shape index (κ2) is 12.4. The first-order chi connectivity index (χ1) is 19.2. The van der Waals surface area contributed by atoms with Crippen LogP contribution >= 0.6 is 0 Å². The maximum absolute atomic E-state index is 12.8. The van der Waals surface area contributed by atoms with Gasteiger partial charge in [0.15, 0.2) is 5.75 Å². The molecule has 0 saturated carbocycles. The van der Waals surface area contributed by atoms with Crippen molar-refractivity contribution in [2.45, 2.75) is 25.9 Å². The van der Waals surface area contributed by atoms with E-state index in [0.717, 1.165) is 18.5 Å². The molecule has 1 heterocycles. The Morgan fingerprint density at radius 2 is 1.46 bits per heavy atom. The van der Waals surface area contributed by atoms with Crippen molar-refractivity contribution in [3.05, 3.63) is 132 Å². The number of para-hydroxylation sites is 1. The lowest BCUT2D eigenvalue weighted by atomic mass is 10.0. The molecule has 5 rings (SSSR count). The largest absolute Gasteiger partial charge is 0.489 e. The maximum Gasteiger partial charge on any atom is 0.253 e. The third kappa shape index (κ3) is 6.00. The standard InChI is InChI=1S/C34H33N3O2/c1-2-30(26-16-8-4-9-17-26)37(24-25-14-6-3-7-15-25)22-23-39-33-31(34(35)38)28-20-12-13-21-29(28)36-32(33)27-18-10-5-11-19-27/h3-21,30H,2,22-24H2,1H3,(H2,35,38)/t30-/m0/s1. The Morgan fingerprint density at radius 1 is 0.846 bits per heavy atom. The molecule has 5 nitrogen and oxygen atoms in total. The molecule has 196 valence electrons. The van der Waals surface area contributed by atoms with Crippen LogP contribution < -0.4 is 10.5 Å². The van der Waals surface area contributed by atoms with Crippen LogP contribution in [0.25, 0.3) is 22.2 Å². The van der Waals surface area contributed by atoms with Gasteiger partial charge in [-0.1, -0.05) is 116 Å². The van der Waals surface area contributed by atoms with Gasteiger partial charge in [-0.15, -0.1) is 0 Å². The summed E-state index contributed by atoms with van der Waals surface area (Å²) in [5.41, 5.74) is 11.0. The van der Waals surface area contributed by atoms with Gasteiger partial charge in [0.25, 0.3) is 5.91 Å². The topological polar surface area (TPSA) is 68.4 Å². The van der Waals surface area contributed by atoms with Gasteiger partial charge in [0.1, 0.15) is 12.3 Å². The summed E-state index contributed by atoms with van der Waals surface area (Å²) in [5.74, 6) is -0.0996. The normalized spacial score (nSPS) is 11.9. The molecule has 1 atom stereocenters. The molecule has 2 N–H and O–H groups in total. The molecule has 0 spiro atoms. The van der Waals surface area contributed by atoms with E-state index in [2.05, 4.69) is 60.4 Å². The van der Waals surface area contributed by atoms with E-state index in [1.54, 1.807) is 0 Å². The minimum atomic E-state index is -0.530. The average Bonchev–Trinajstić information content (AvgIpc) is 2.98. The monoisotopic (exact) mass is 515 g/mol. The average molecular weight is 516 g/mol. The Balaban J connectivity index is 1.50. The number of carbonyl (C=O) groups excluding carboxylic acids is 1. The van der Waals surface area contributed by atoms with Gasteiger partial charge in [-0.2, -0.15) is 0 Å². The molecule has 0 radical (unpaired) electrons. The molecule has 39 heavy (non-hydrogen) atoms. The number of rotatable bonds is 11. The van der Waals surface area contributed by atoms with Crippen LogP contribution in [0.5, 0.6) is 5.75 Å². The van der Waals surface area contributed by atoms with Crippen molar-refractivity contribution in [2.24, 2.45) is 5.73 Å². The molecule has 1 aromatic heterocycles. The van der Waals surface area contributed by atoms with Crippen molar-refractivity contribution in [3.63, 3.8) is 0 Å². The van der Waals surface area contributed by atoms with Gasteiger partial charge in [-0.25, -0.2) is 4.98 Å². The lowest BCUT2D eigenvalue weighted by Crippen LogP contribution is -2.32. The zero-order valence-electron chi connectivity index (χ0n) is 22.2. The number of amides is 1. The minimum absolute atomic E-state index is 0.217. The maximum atomic E-state index is 12.8. The van der Waals surface area contributed by atoms with Gasteiger partial charge in [0.05, 0.1) is 11.1 Å². The molecule has 0 aliphatic heterocycles. The number of ether oxygens (including phenoxy) is 1. The zero-order chi connectivity index (χ0) is 27.0. The predicted octanol–water partition coefficient (Wildman–Crippen LogP) is 7.03. The smallest absolute Gasteiger partial charge is 0.253 e. The summed E-state index contributed by atoms with van der Waals surface area (Å²) in [6.45, 7) is 4.02. The van der Waals surface area contributed by atoms with E-state index in [9.17, 15) is 4.79 Å². The van der Waals surface area contributed by atoms with Gasteiger partial charge in [-0.3, -0.25) is 9.69 Å². The molecule has 1 amide bonds. The fraction of sp³-hybridized carbons (Fsp3) is 0.176. The van der Waals surface area contributed by atoms with E-state index in [-0.39, 0.29) is 6.04 Å². The van der Waals surface area contributed by atoms with E-state index >= 15 is 0 Å². The van der Waals surface area contributed by atoms with Gasteiger partial charge >= 0.3 is 0 Å². The molecule has 0 saturated heterocycles. The summed E-state index contributed by atoms with van der Waals surface area (Å²) in [7, 11) is 0. The number of hydrogen-bond acceptors (Lipinski definition) is 4. The number of nitrogens with two attached hydrogens (primary N) is 1. The van der Waals surface area contributed by atoms with Crippen LogP contribution in [0, 0.1) is 0 Å². The summed E-state index contributed by atoms with van der Waals surface area (Å²) in [6, 6.07) is 38.6. The van der Waals surface area contributed by atoms with Crippen molar-refractivity contribution in [2.75, 3.05) is 13.2 Å². The first-order valence-corrected chi connectivity index (χ1v) is 13.4. The Hall–Kier alpha value is -4.48. The lowest BCUT2D eigenvalue weighted by molar-refractivity contribution is 0.0995. The predicted molar refractivity (Wildman–Crippen MR) is 158 cm³/mol. The van der Waals surface area contributed by atoms with E-state index in [4.69, 9.17) is 15.5 Å². The number of hydrogen-bond donors (Lipinski definition) is 1. The van der Waals surface area contributed by atoms with E-state index in [1.165, 1.54) is 11.1 Å². The quantitative estimate of drug-likeness (QED) is 0.205. The Labute approximate surface area is 229 Å². The Bertz CT molecular complexity index is 1520. The Morgan fingerprint density at radius 3 is 2.13 bits per heavy atom. The minimum Gasteiger partial charge on any atom is -0.489 e. The number of fused-ring (bicyclic) bond motifs is 1. The molecule has 4 aromatic carbocycles. The van der Waals surface area contributed by atoms with Crippen LogP contribution in [-0.2, 0) is 6.54 Å². The molecule has 0 aliphatic rings. The van der Waals surface area contributed by atoms with Crippen molar-refractivity contribution in [1.82, 2.24) is 9.88 Å². The van der Waals surface area contributed by atoms with Crippen LogP contribution in [0.1, 0.15) is 40.9 Å². The fourth-order valence-electron chi connectivity index (χ4n) is 5.18. The fourth-order valence-corrected chi connectivity index (χ4v) is 5.18. The molecule has 0 fully saturated rings. The van der Waals surface area contributed by atoms with Crippen LogP contribution in [0.3, 0.4) is 0 Å². The SMILES string of the molecule is CC[C@@H](c1ccccc1)N(CCOc1c(-c2ccccc2)nc2ccccc2c1C(N)=O)Cc1ccccc1. The highest BCUT2D eigenvalue weighted by atomic mass is 16.5. The summed E-state index contributed by atoms with van der Waals surface area (Å²) in [5, 5.41) is 0.691.